The number of hydrogen-bond donors (Lipinski definition) is 0. The van der Waals surface area contributed by atoms with E-state index in [1.807, 2.05) is 6.07 Å². The normalized spacial score (nSPS) is 7.29. The van der Waals surface area contributed by atoms with Gasteiger partial charge in [-0.2, -0.15) is 5.26 Å². The zero-order chi connectivity index (χ0) is 5.54. The number of aldehydes is 1. The quantitative estimate of drug-likeness (QED) is 0.387. The third kappa shape index (κ3) is 5.16. The first-order chi connectivity index (χ1) is 3.41. The molecule has 0 saturated carbocycles. The van der Waals surface area contributed by atoms with E-state index in [4.69, 9.17) is 5.26 Å². The van der Waals surface area contributed by atoms with Crippen molar-refractivity contribution >= 4 is 6.29 Å². The molecule has 0 atom stereocenters. The lowest BCUT2D eigenvalue weighted by Gasteiger charge is -1.77. The summed E-state index contributed by atoms with van der Waals surface area (Å²) in [6.07, 6.45) is 2.56. The monoisotopic (exact) mass is 97.1 g/mol. The molecule has 0 saturated heterocycles. The van der Waals surface area contributed by atoms with Crippen LogP contribution in [-0.2, 0) is 4.79 Å². The molecule has 0 bridgehead atoms. The Morgan fingerprint density at radius 3 is 2.86 bits per heavy atom. The summed E-state index contributed by atoms with van der Waals surface area (Å²) in [6, 6.07) is 1.94. The van der Waals surface area contributed by atoms with E-state index in [1.165, 1.54) is 0 Å². The molecule has 0 N–H and O–H groups in total. The third-order valence-corrected chi connectivity index (χ3v) is 0.611. The van der Waals surface area contributed by atoms with Gasteiger partial charge in [-0.1, -0.05) is 0 Å². The summed E-state index contributed by atoms with van der Waals surface area (Å²) in [5, 5.41) is 7.93. The van der Waals surface area contributed by atoms with Crippen molar-refractivity contribution in [1.29, 1.82) is 5.26 Å². The number of nitrogens with zero attached hydrogens (tertiary/aromatic N) is 1. The number of nitriles is 1. The van der Waals surface area contributed by atoms with Crippen molar-refractivity contribution in [3.8, 4) is 6.07 Å². The Bertz CT molecular complexity index is 82.6. The topological polar surface area (TPSA) is 40.9 Å². The number of unbranched alkanes of at least 4 members (excludes halogenated alkanes) is 2. The van der Waals surface area contributed by atoms with Crippen molar-refractivity contribution in [2.24, 2.45) is 0 Å². The second-order valence-electron chi connectivity index (χ2n) is 1.22. The number of rotatable bonds is 3. The van der Waals surface area contributed by atoms with Crippen LogP contribution >= 0.6 is 0 Å². The van der Waals surface area contributed by atoms with E-state index in [0.29, 0.717) is 19.3 Å². The molecule has 0 unspecified atom stereocenters. The molecular formula is C5H7NO. The molecule has 0 heterocycles. The van der Waals surface area contributed by atoms with E-state index in [-0.39, 0.29) is 0 Å². The van der Waals surface area contributed by atoms with E-state index in [2.05, 4.69) is 0 Å². The fraction of sp³-hybridized carbons (Fsp3) is 0.600. The van der Waals surface area contributed by atoms with Crippen LogP contribution in [0, 0.1) is 11.3 Å². The average molecular weight is 97.1 g/mol. The highest BCUT2D eigenvalue weighted by atomic mass is 16.1. The number of hydrogen-bond acceptors (Lipinski definition) is 2. The first-order valence-electron chi connectivity index (χ1n) is 2.22. The molecule has 0 amide bonds. The molecule has 0 fully saturated rings. The zero-order valence-corrected chi connectivity index (χ0v) is 4.05. The van der Waals surface area contributed by atoms with Gasteiger partial charge in [0.2, 0.25) is 0 Å². The van der Waals surface area contributed by atoms with Gasteiger partial charge in [0.15, 0.2) is 0 Å². The molecular weight excluding hydrogens is 90.1 g/mol. The molecule has 2 heteroatoms. The number of carbonyl (C=O) groups is 1. The first kappa shape index (κ1) is 6.16. The number of carbonyl (C=O) groups excluding carboxylic acids is 1. The van der Waals surface area contributed by atoms with Gasteiger partial charge in [0.25, 0.3) is 0 Å². The van der Waals surface area contributed by atoms with E-state index in [0.717, 1.165) is 6.29 Å². The molecule has 0 spiro atoms. The molecule has 0 rings (SSSR count). The molecule has 38 valence electrons. The van der Waals surface area contributed by atoms with Gasteiger partial charge in [-0.05, 0) is 6.42 Å². The Kier molecular flexibility index (Phi) is 4.54. The summed E-state index contributed by atoms with van der Waals surface area (Å²) in [7, 11) is 0. The van der Waals surface area contributed by atoms with Crippen LogP contribution in [0.15, 0.2) is 0 Å². The fourth-order valence-corrected chi connectivity index (χ4v) is 0.264. The Labute approximate surface area is 42.8 Å². The van der Waals surface area contributed by atoms with Crippen LogP contribution in [-0.4, -0.2) is 6.29 Å². The molecule has 0 aromatic rings. The second-order valence-corrected chi connectivity index (χ2v) is 1.22. The molecule has 0 aromatic carbocycles. The van der Waals surface area contributed by atoms with Gasteiger partial charge in [-0.3, -0.25) is 0 Å². The maximum absolute atomic E-state index is 9.57. The summed E-state index contributed by atoms with van der Waals surface area (Å²) in [6.45, 7) is 0. The van der Waals surface area contributed by atoms with Gasteiger partial charge in [0, 0.05) is 12.8 Å². The Morgan fingerprint density at radius 2 is 2.43 bits per heavy atom. The second kappa shape index (κ2) is 5.16. The van der Waals surface area contributed by atoms with Crippen molar-refractivity contribution in [2.75, 3.05) is 0 Å². The molecule has 0 aliphatic rings. The van der Waals surface area contributed by atoms with Crippen molar-refractivity contribution in [1.82, 2.24) is 0 Å². The summed E-state index contributed by atoms with van der Waals surface area (Å²) in [5.74, 6) is 0. The third-order valence-electron chi connectivity index (χ3n) is 0.611. The molecule has 2 nitrogen and oxygen atoms in total. The van der Waals surface area contributed by atoms with Gasteiger partial charge >= 0.3 is 0 Å². The van der Waals surface area contributed by atoms with Crippen LogP contribution in [0.25, 0.3) is 0 Å². The van der Waals surface area contributed by atoms with Gasteiger partial charge in [0.05, 0.1) is 6.07 Å². The summed E-state index contributed by atoms with van der Waals surface area (Å²) >= 11 is 0. The van der Waals surface area contributed by atoms with E-state index >= 15 is 0 Å². The average Bonchev–Trinajstić information content (AvgIpc) is 1.69. The van der Waals surface area contributed by atoms with Crippen LogP contribution in [0.2, 0.25) is 0 Å². The van der Waals surface area contributed by atoms with Crippen LogP contribution < -0.4 is 0 Å². The van der Waals surface area contributed by atoms with Gasteiger partial charge in [-0.15, -0.1) is 0 Å². The lowest BCUT2D eigenvalue weighted by molar-refractivity contribution is -0.107. The molecule has 0 aliphatic heterocycles. The van der Waals surface area contributed by atoms with Crippen molar-refractivity contribution in [3.05, 3.63) is 0 Å². The lowest BCUT2D eigenvalue weighted by Crippen LogP contribution is -1.72. The predicted molar refractivity (Wildman–Crippen MR) is 25.5 cm³/mol. The van der Waals surface area contributed by atoms with Crippen molar-refractivity contribution in [2.45, 2.75) is 19.3 Å². The standard InChI is InChI=1S/C5H7NO/c6-4-2-1-3-5-7/h5H,1-3H2. The Hall–Kier alpha value is -0.840. The largest absolute Gasteiger partial charge is 0.303 e. The highest BCUT2D eigenvalue weighted by Gasteiger charge is 1.79. The molecule has 0 radical (unpaired) electrons. The van der Waals surface area contributed by atoms with Gasteiger partial charge in [-0.25, -0.2) is 0 Å². The fourth-order valence-electron chi connectivity index (χ4n) is 0.264. The van der Waals surface area contributed by atoms with Crippen LogP contribution in [0.4, 0.5) is 0 Å². The molecule has 0 aromatic heterocycles. The highest BCUT2D eigenvalue weighted by Crippen LogP contribution is 1.87. The summed E-state index contributed by atoms with van der Waals surface area (Å²) in [4.78, 5) is 9.57. The van der Waals surface area contributed by atoms with E-state index in [9.17, 15) is 4.79 Å². The minimum Gasteiger partial charge on any atom is -0.303 e. The van der Waals surface area contributed by atoms with Crippen LogP contribution in [0.3, 0.4) is 0 Å². The minimum absolute atomic E-state index is 0.499. The maximum Gasteiger partial charge on any atom is 0.120 e. The maximum atomic E-state index is 9.57. The summed E-state index contributed by atoms with van der Waals surface area (Å²) in [5.41, 5.74) is 0. The molecule has 7 heavy (non-hydrogen) atoms. The lowest BCUT2D eigenvalue weighted by atomic mass is 10.3. The van der Waals surface area contributed by atoms with Crippen molar-refractivity contribution in [3.63, 3.8) is 0 Å². The summed E-state index contributed by atoms with van der Waals surface area (Å²) < 4.78 is 0. The van der Waals surface area contributed by atoms with Gasteiger partial charge in [0.1, 0.15) is 6.29 Å². The highest BCUT2D eigenvalue weighted by molar-refractivity contribution is 5.49. The Morgan fingerprint density at radius 1 is 1.71 bits per heavy atom. The SMILES string of the molecule is N#CCCCC=O. The van der Waals surface area contributed by atoms with E-state index in [1.54, 1.807) is 0 Å². The smallest absolute Gasteiger partial charge is 0.120 e. The first-order valence-corrected chi connectivity index (χ1v) is 2.22. The van der Waals surface area contributed by atoms with Crippen LogP contribution in [0.1, 0.15) is 19.3 Å². The Balaban J connectivity index is 2.72. The predicted octanol–water partition coefficient (Wildman–Crippen LogP) is 0.879. The molecule has 0 aliphatic carbocycles. The zero-order valence-electron chi connectivity index (χ0n) is 4.05. The van der Waals surface area contributed by atoms with E-state index < -0.39 is 0 Å². The van der Waals surface area contributed by atoms with Gasteiger partial charge < -0.3 is 4.79 Å². The van der Waals surface area contributed by atoms with Crippen molar-refractivity contribution < 1.29 is 4.79 Å². The van der Waals surface area contributed by atoms with Crippen LogP contribution in [0.5, 0.6) is 0 Å². The minimum atomic E-state index is 0.499.